The number of urea groups is 1. The predicted octanol–water partition coefficient (Wildman–Crippen LogP) is 7.21. The Hall–Kier alpha value is -4.64. The zero-order valence-electron chi connectivity index (χ0n) is 25.1. The summed E-state index contributed by atoms with van der Waals surface area (Å²) >= 11 is 0. The van der Waals surface area contributed by atoms with Gasteiger partial charge in [0.2, 0.25) is 5.75 Å². The molecule has 0 aliphatic carbocycles. The van der Waals surface area contributed by atoms with Crippen molar-refractivity contribution in [2.45, 2.75) is 38.6 Å². The van der Waals surface area contributed by atoms with E-state index in [2.05, 4.69) is 20.5 Å². The Kier molecular flexibility index (Phi) is 9.44. The number of halogens is 2. The summed E-state index contributed by atoms with van der Waals surface area (Å²) in [6.07, 6.45) is 6.28. The molecule has 0 spiro atoms. The second-order valence-electron chi connectivity index (χ2n) is 11.2. The number of nitrogens with zero attached hydrogens (tertiary/aromatic N) is 2. The molecular weight excluding hydrogens is 582 g/mol. The van der Waals surface area contributed by atoms with Crippen LogP contribution in [0.1, 0.15) is 44.2 Å². The largest absolute Gasteiger partial charge is 0.489 e. The van der Waals surface area contributed by atoms with E-state index in [1.807, 2.05) is 0 Å². The van der Waals surface area contributed by atoms with Gasteiger partial charge in [-0.3, -0.25) is 4.98 Å². The summed E-state index contributed by atoms with van der Waals surface area (Å²) in [5.41, 5.74) is 1.53. The summed E-state index contributed by atoms with van der Waals surface area (Å²) in [6.45, 7) is 6.28. The van der Waals surface area contributed by atoms with E-state index in [0.717, 1.165) is 31.6 Å². The van der Waals surface area contributed by atoms with Crippen molar-refractivity contribution in [1.29, 1.82) is 0 Å². The van der Waals surface area contributed by atoms with Gasteiger partial charge in [-0.25, -0.2) is 13.6 Å². The van der Waals surface area contributed by atoms with Crippen molar-refractivity contribution in [3.8, 4) is 28.7 Å². The number of fused-ring (bicyclic) bond motifs is 3. The van der Waals surface area contributed by atoms with Crippen LogP contribution in [0.4, 0.5) is 19.3 Å². The molecule has 2 N–H and O–H groups in total. The predicted molar refractivity (Wildman–Crippen MR) is 167 cm³/mol. The topological polar surface area (TPSA) is 94.2 Å². The van der Waals surface area contributed by atoms with Crippen molar-refractivity contribution in [3.05, 3.63) is 78.0 Å². The number of benzene rings is 3. The second kappa shape index (κ2) is 14.0. The third-order valence-corrected chi connectivity index (χ3v) is 7.90. The first kappa shape index (κ1) is 30.4. The maximum Gasteiger partial charge on any atom is 0.319 e. The number of ether oxygens (including phenoxy) is 4. The van der Waals surface area contributed by atoms with Crippen molar-refractivity contribution in [1.82, 2.24) is 15.2 Å². The van der Waals surface area contributed by atoms with E-state index < -0.39 is 11.8 Å². The molecule has 2 aliphatic rings. The maximum absolute atomic E-state index is 15.2. The van der Waals surface area contributed by atoms with Crippen LogP contribution in [-0.4, -0.2) is 55.4 Å². The van der Waals surface area contributed by atoms with Crippen molar-refractivity contribution < 1.29 is 32.5 Å². The Morgan fingerprint density at radius 2 is 1.73 bits per heavy atom. The Labute approximate surface area is 260 Å². The highest BCUT2D eigenvalue weighted by Crippen LogP contribution is 2.48. The third-order valence-electron chi connectivity index (χ3n) is 7.90. The zero-order chi connectivity index (χ0) is 31.2. The van der Waals surface area contributed by atoms with E-state index in [9.17, 15) is 9.18 Å². The molecule has 0 unspecified atom stereocenters. The molecule has 6 rings (SSSR count). The van der Waals surface area contributed by atoms with E-state index in [-0.39, 0.29) is 23.3 Å². The van der Waals surface area contributed by atoms with Gasteiger partial charge in [0.15, 0.2) is 23.1 Å². The SMILES string of the molecule is C[C@@H](NC(=O)Nc1ccc(Oc2ccnc3cc(OCCCN4CCCCC4)c4c(c23)OCCO4)c(F)c1)c1ccc(F)cc1. The lowest BCUT2D eigenvalue weighted by Gasteiger charge is -2.26. The monoisotopic (exact) mass is 618 g/mol. The van der Waals surface area contributed by atoms with Crippen molar-refractivity contribution in [2.75, 3.05) is 44.8 Å². The number of aromatic nitrogens is 1. The molecule has 45 heavy (non-hydrogen) atoms. The van der Waals surface area contributed by atoms with E-state index in [0.29, 0.717) is 53.7 Å². The number of amides is 2. The van der Waals surface area contributed by atoms with Crippen LogP contribution in [0.3, 0.4) is 0 Å². The average Bonchev–Trinajstić information content (AvgIpc) is 3.05. The second-order valence-corrected chi connectivity index (χ2v) is 11.2. The highest BCUT2D eigenvalue weighted by molar-refractivity contribution is 5.95. The van der Waals surface area contributed by atoms with Gasteiger partial charge in [0, 0.05) is 30.6 Å². The summed E-state index contributed by atoms with van der Waals surface area (Å²) in [7, 11) is 0. The minimum atomic E-state index is -0.677. The molecule has 0 radical (unpaired) electrons. The molecule has 1 saturated heterocycles. The Morgan fingerprint density at radius 3 is 2.51 bits per heavy atom. The van der Waals surface area contributed by atoms with Crippen LogP contribution < -0.4 is 29.6 Å². The normalized spacial score (nSPS) is 15.4. The molecule has 11 heteroatoms. The number of rotatable bonds is 10. The number of piperidine rings is 1. The van der Waals surface area contributed by atoms with E-state index in [4.69, 9.17) is 18.9 Å². The fraction of sp³-hybridized carbons (Fsp3) is 0.353. The third kappa shape index (κ3) is 7.37. The molecule has 0 bridgehead atoms. The number of hydrogen-bond acceptors (Lipinski definition) is 7. The minimum Gasteiger partial charge on any atom is -0.489 e. The highest BCUT2D eigenvalue weighted by atomic mass is 19.1. The molecule has 1 aromatic heterocycles. The van der Waals surface area contributed by atoms with Crippen LogP contribution >= 0.6 is 0 Å². The minimum absolute atomic E-state index is 0.0448. The number of carbonyl (C=O) groups is 1. The summed E-state index contributed by atoms with van der Waals surface area (Å²) in [4.78, 5) is 19.5. The van der Waals surface area contributed by atoms with Crippen molar-refractivity contribution in [3.63, 3.8) is 0 Å². The van der Waals surface area contributed by atoms with Crippen molar-refractivity contribution in [2.24, 2.45) is 0 Å². The fourth-order valence-corrected chi connectivity index (χ4v) is 5.60. The summed E-state index contributed by atoms with van der Waals surface area (Å²) < 4.78 is 52.6. The van der Waals surface area contributed by atoms with Gasteiger partial charge in [-0.05, 0) is 75.2 Å². The lowest BCUT2D eigenvalue weighted by molar-refractivity contribution is 0.161. The van der Waals surface area contributed by atoms with Gasteiger partial charge in [-0.15, -0.1) is 0 Å². The molecule has 236 valence electrons. The van der Waals surface area contributed by atoms with Crippen LogP contribution in [0.5, 0.6) is 28.7 Å². The lowest BCUT2D eigenvalue weighted by Crippen LogP contribution is -2.31. The number of likely N-dealkylation sites (tertiary alicyclic amines) is 1. The fourth-order valence-electron chi connectivity index (χ4n) is 5.60. The molecule has 3 aromatic carbocycles. The Morgan fingerprint density at radius 1 is 0.956 bits per heavy atom. The smallest absolute Gasteiger partial charge is 0.319 e. The van der Waals surface area contributed by atoms with Crippen LogP contribution in [-0.2, 0) is 0 Å². The van der Waals surface area contributed by atoms with Gasteiger partial charge in [-0.1, -0.05) is 18.6 Å². The van der Waals surface area contributed by atoms with Crippen LogP contribution in [0.25, 0.3) is 10.9 Å². The van der Waals surface area contributed by atoms with Gasteiger partial charge in [0.1, 0.15) is 24.8 Å². The molecule has 1 fully saturated rings. The summed E-state index contributed by atoms with van der Waals surface area (Å²) in [5.74, 6) is 0.726. The number of nitrogens with one attached hydrogen (secondary N) is 2. The van der Waals surface area contributed by atoms with E-state index in [1.54, 1.807) is 37.4 Å². The Balaban J connectivity index is 1.14. The highest BCUT2D eigenvalue weighted by Gasteiger charge is 2.25. The molecule has 4 aromatic rings. The van der Waals surface area contributed by atoms with Gasteiger partial charge < -0.3 is 34.5 Å². The van der Waals surface area contributed by atoms with Gasteiger partial charge >= 0.3 is 6.03 Å². The molecule has 9 nitrogen and oxygen atoms in total. The number of pyridine rings is 1. The molecule has 0 saturated carbocycles. The van der Waals surface area contributed by atoms with Crippen LogP contribution in [0.15, 0.2) is 60.8 Å². The Bertz CT molecular complexity index is 1650. The van der Waals surface area contributed by atoms with Gasteiger partial charge in [0.25, 0.3) is 0 Å². The summed E-state index contributed by atoms with van der Waals surface area (Å²) in [5, 5.41) is 5.92. The number of hydrogen-bond donors (Lipinski definition) is 2. The van der Waals surface area contributed by atoms with Gasteiger partial charge in [-0.2, -0.15) is 0 Å². The number of carbonyl (C=O) groups excluding carboxylic acids is 1. The van der Waals surface area contributed by atoms with Crippen LogP contribution in [0, 0.1) is 11.6 Å². The maximum atomic E-state index is 15.2. The summed E-state index contributed by atoms with van der Waals surface area (Å²) in [6, 6.07) is 12.5. The first-order valence-corrected chi connectivity index (χ1v) is 15.3. The molecule has 2 aliphatic heterocycles. The quantitative estimate of drug-likeness (QED) is 0.181. The standard InChI is InChI=1S/C34H36F2N4O5/c1-22(23-6-8-24(35)9-7-23)38-34(41)39-25-10-11-28(26(36)20-25)45-29-12-13-37-27-21-30(32-33(31(27)29)44-19-18-43-32)42-17-5-16-40-14-3-2-4-15-40/h6-13,20-22H,2-5,14-19H2,1H3,(H2,38,39,41)/t22-/m1/s1. The van der Waals surface area contributed by atoms with Gasteiger partial charge in [0.05, 0.1) is 23.6 Å². The zero-order valence-corrected chi connectivity index (χ0v) is 25.1. The molecule has 1 atom stereocenters. The molecule has 3 heterocycles. The van der Waals surface area contributed by atoms with Crippen LogP contribution in [0.2, 0.25) is 0 Å². The van der Waals surface area contributed by atoms with E-state index in [1.165, 1.54) is 49.6 Å². The first-order valence-electron chi connectivity index (χ1n) is 15.3. The first-order chi connectivity index (χ1) is 21.9. The molecule has 2 amide bonds. The van der Waals surface area contributed by atoms with E-state index >= 15 is 4.39 Å². The average molecular weight is 619 g/mol. The van der Waals surface area contributed by atoms with Crippen molar-refractivity contribution >= 4 is 22.6 Å². The molecular formula is C34H36F2N4O5. The lowest BCUT2D eigenvalue weighted by atomic mass is 10.1. The number of anilines is 1.